The smallest absolute Gasteiger partial charge is 0.241 e. The highest BCUT2D eigenvalue weighted by Crippen LogP contribution is 2.30. The van der Waals surface area contributed by atoms with Gasteiger partial charge in [0.1, 0.15) is 5.82 Å². The molecule has 20 heavy (non-hydrogen) atoms. The molecule has 0 bridgehead atoms. The summed E-state index contributed by atoms with van der Waals surface area (Å²) in [6.07, 6.45) is 4.28. The van der Waals surface area contributed by atoms with E-state index < -0.39 is 10.0 Å². The van der Waals surface area contributed by atoms with Gasteiger partial charge in [0.25, 0.3) is 0 Å². The lowest BCUT2D eigenvalue weighted by Gasteiger charge is -2.14. The second kappa shape index (κ2) is 6.75. The van der Waals surface area contributed by atoms with Crippen LogP contribution in [0.15, 0.2) is 23.2 Å². The maximum Gasteiger partial charge on any atom is 0.241 e. The summed E-state index contributed by atoms with van der Waals surface area (Å²) in [6.45, 7) is 2.13. The first-order valence-electron chi connectivity index (χ1n) is 6.61. The number of sulfonamides is 1. The van der Waals surface area contributed by atoms with Crippen molar-refractivity contribution in [2.24, 2.45) is 5.84 Å². The van der Waals surface area contributed by atoms with Crippen molar-refractivity contribution in [1.29, 1.82) is 0 Å². The molecule has 2 unspecified atom stereocenters. The van der Waals surface area contributed by atoms with Crippen molar-refractivity contribution in [3.05, 3.63) is 18.3 Å². The van der Waals surface area contributed by atoms with Crippen LogP contribution >= 0.6 is 11.8 Å². The van der Waals surface area contributed by atoms with E-state index in [0.29, 0.717) is 11.1 Å². The number of hydrogen-bond donors (Lipinski definition) is 3. The van der Waals surface area contributed by atoms with E-state index in [0.717, 1.165) is 25.0 Å². The monoisotopic (exact) mass is 316 g/mol. The van der Waals surface area contributed by atoms with E-state index in [9.17, 15) is 8.42 Å². The Morgan fingerprint density at radius 1 is 1.50 bits per heavy atom. The lowest BCUT2D eigenvalue weighted by molar-refractivity contribution is 0.552. The molecule has 1 heterocycles. The number of rotatable bonds is 6. The molecule has 1 saturated carbocycles. The van der Waals surface area contributed by atoms with Gasteiger partial charge in [0, 0.05) is 23.6 Å². The van der Waals surface area contributed by atoms with E-state index in [2.05, 4.69) is 22.1 Å². The van der Waals surface area contributed by atoms with Gasteiger partial charge in [0.05, 0.1) is 4.90 Å². The number of pyridine rings is 1. The fourth-order valence-electron chi connectivity index (χ4n) is 2.38. The normalized spacial score (nSPS) is 22.9. The van der Waals surface area contributed by atoms with Crippen molar-refractivity contribution in [1.82, 2.24) is 9.71 Å². The van der Waals surface area contributed by atoms with Crippen LogP contribution in [0.25, 0.3) is 0 Å². The number of hydrazine groups is 1. The highest BCUT2D eigenvalue weighted by molar-refractivity contribution is 7.99. The minimum Gasteiger partial charge on any atom is -0.308 e. The zero-order chi connectivity index (χ0) is 14.6. The minimum atomic E-state index is -3.51. The number of nitrogen functional groups attached to an aromatic ring is 1. The van der Waals surface area contributed by atoms with Gasteiger partial charge in [-0.1, -0.05) is 6.92 Å². The van der Waals surface area contributed by atoms with E-state index >= 15 is 0 Å². The fourth-order valence-corrected chi connectivity index (χ4v) is 4.82. The molecule has 6 nitrogen and oxygen atoms in total. The van der Waals surface area contributed by atoms with Gasteiger partial charge in [0.15, 0.2) is 0 Å². The van der Waals surface area contributed by atoms with Crippen molar-refractivity contribution in [2.45, 2.75) is 42.4 Å². The van der Waals surface area contributed by atoms with Crippen molar-refractivity contribution in [3.8, 4) is 0 Å². The van der Waals surface area contributed by atoms with Crippen LogP contribution in [-0.2, 0) is 10.0 Å². The molecule has 1 fully saturated rings. The van der Waals surface area contributed by atoms with Crippen LogP contribution in [0, 0.1) is 0 Å². The lowest BCUT2D eigenvalue weighted by Crippen LogP contribution is -2.33. The van der Waals surface area contributed by atoms with E-state index in [-0.39, 0.29) is 10.9 Å². The molecule has 1 aliphatic rings. The van der Waals surface area contributed by atoms with E-state index in [4.69, 9.17) is 5.84 Å². The van der Waals surface area contributed by atoms with Crippen LogP contribution in [0.2, 0.25) is 0 Å². The molecule has 0 aromatic carbocycles. The average molecular weight is 316 g/mol. The molecule has 2 rings (SSSR count). The number of anilines is 1. The van der Waals surface area contributed by atoms with Crippen LogP contribution in [0.1, 0.15) is 26.2 Å². The molecule has 0 spiro atoms. The first-order valence-corrected chi connectivity index (χ1v) is 9.15. The van der Waals surface area contributed by atoms with Gasteiger partial charge in [-0.2, -0.15) is 11.8 Å². The summed E-state index contributed by atoms with van der Waals surface area (Å²) in [6, 6.07) is 2.91. The van der Waals surface area contributed by atoms with Crippen molar-refractivity contribution in [3.63, 3.8) is 0 Å². The number of hydrogen-bond acceptors (Lipinski definition) is 6. The summed E-state index contributed by atoms with van der Waals surface area (Å²) in [7, 11) is -3.51. The Labute approximate surface area is 123 Å². The quantitative estimate of drug-likeness (QED) is 0.541. The van der Waals surface area contributed by atoms with E-state index in [1.807, 2.05) is 11.8 Å². The molecule has 0 saturated heterocycles. The number of nitrogens with zero attached hydrogens (tertiary/aromatic N) is 1. The average Bonchev–Trinajstić information content (AvgIpc) is 2.86. The Balaban J connectivity index is 2.04. The Hall–Kier alpha value is -0.830. The van der Waals surface area contributed by atoms with Gasteiger partial charge >= 0.3 is 0 Å². The van der Waals surface area contributed by atoms with E-state index in [1.165, 1.54) is 18.3 Å². The third-order valence-electron chi connectivity index (χ3n) is 3.30. The zero-order valence-corrected chi connectivity index (χ0v) is 13.0. The predicted molar refractivity (Wildman–Crippen MR) is 81.9 cm³/mol. The number of thioether (sulfide) groups is 1. The Kier molecular flexibility index (Phi) is 5.25. The highest BCUT2D eigenvalue weighted by atomic mass is 32.2. The van der Waals surface area contributed by atoms with Crippen molar-refractivity contribution < 1.29 is 8.42 Å². The van der Waals surface area contributed by atoms with Crippen molar-refractivity contribution >= 4 is 27.6 Å². The standard InChI is InChI=1S/C12H20N4O2S2/c1-2-19-10-4-3-9(7-10)16-20(17,18)11-5-6-14-12(8-11)15-13/h5-6,8-10,16H,2-4,7,13H2,1H3,(H,14,15). The van der Waals surface area contributed by atoms with Gasteiger partial charge in [-0.25, -0.2) is 24.0 Å². The van der Waals surface area contributed by atoms with Gasteiger partial charge in [-0.05, 0) is 31.1 Å². The van der Waals surface area contributed by atoms with Crippen LogP contribution in [0.5, 0.6) is 0 Å². The van der Waals surface area contributed by atoms with Gasteiger partial charge in [-0.15, -0.1) is 0 Å². The van der Waals surface area contributed by atoms with Crippen LogP contribution < -0.4 is 16.0 Å². The molecule has 1 aromatic rings. The summed E-state index contributed by atoms with van der Waals surface area (Å²) in [5.74, 6) is 6.65. The molecule has 1 aromatic heterocycles. The summed E-state index contributed by atoms with van der Waals surface area (Å²) in [5, 5.41) is 0.561. The van der Waals surface area contributed by atoms with E-state index in [1.54, 1.807) is 0 Å². The van der Waals surface area contributed by atoms with Crippen LogP contribution in [0.3, 0.4) is 0 Å². The fraction of sp³-hybridized carbons (Fsp3) is 0.583. The summed E-state index contributed by atoms with van der Waals surface area (Å²) >= 11 is 1.90. The zero-order valence-electron chi connectivity index (χ0n) is 11.4. The van der Waals surface area contributed by atoms with Gasteiger partial charge < -0.3 is 5.43 Å². The summed E-state index contributed by atoms with van der Waals surface area (Å²) in [5.41, 5.74) is 2.35. The highest BCUT2D eigenvalue weighted by Gasteiger charge is 2.28. The van der Waals surface area contributed by atoms with Crippen LogP contribution in [0.4, 0.5) is 5.82 Å². The Morgan fingerprint density at radius 2 is 2.30 bits per heavy atom. The second-order valence-corrected chi connectivity index (χ2v) is 8.02. The second-order valence-electron chi connectivity index (χ2n) is 4.73. The molecule has 0 aliphatic heterocycles. The number of nitrogens with one attached hydrogen (secondary N) is 2. The Morgan fingerprint density at radius 3 is 3.00 bits per heavy atom. The molecule has 1 aliphatic carbocycles. The van der Waals surface area contributed by atoms with Gasteiger partial charge in [-0.3, -0.25) is 0 Å². The van der Waals surface area contributed by atoms with Crippen molar-refractivity contribution in [2.75, 3.05) is 11.2 Å². The molecule has 4 N–H and O–H groups in total. The first-order chi connectivity index (χ1) is 9.55. The predicted octanol–water partition coefficient (Wildman–Crippen LogP) is 1.32. The third kappa shape index (κ3) is 3.85. The first kappa shape index (κ1) is 15.6. The minimum absolute atomic E-state index is 0.0199. The lowest BCUT2D eigenvalue weighted by atomic mass is 10.3. The Bertz CT molecular complexity index is 550. The number of aromatic nitrogens is 1. The third-order valence-corrected chi connectivity index (χ3v) is 6.05. The maximum absolute atomic E-state index is 12.3. The molecule has 112 valence electrons. The summed E-state index contributed by atoms with van der Waals surface area (Å²) < 4.78 is 27.4. The van der Waals surface area contributed by atoms with Crippen LogP contribution in [-0.4, -0.2) is 30.4 Å². The molecule has 0 amide bonds. The molecule has 0 radical (unpaired) electrons. The SMILES string of the molecule is CCSC1CCC(NS(=O)(=O)c2ccnc(NN)c2)C1. The topological polar surface area (TPSA) is 97.1 Å². The van der Waals surface area contributed by atoms with Gasteiger partial charge in [0.2, 0.25) is 10.0 Å². The largest absolute Gasteiger partial charge is 0.308 e. The number of nitrogens with two attached hydrogens (primary N) is 1. The molecular weight excluding hydrogens is 296 g/mol. The molecular formula is C12H20N4O2S2. The summed E-state index contributed by atoms with van der Waals surface area (Å²) in [4.78, 5) is 4.10. The molecule has 8 heteroatoms. The molecule has 2 atom stereocenters. The maximum atomic E-state index is 12.3.